The lowest BCUT2D eigenvalue weighted by molar-refractivity contribution is -0.128. The molecule has 3 N–H and O–H groups in total. The molecule has 1 aliphatic carbocycles. The third-order valence-corrected chi connectivity index (χ3v) is 5.47. The predicted molar refractivity (Wildman–Crippen MR) is 115 cm³/mol. The van der Waals surface area contributed by atoms with E-state index in [0.29, 0.717) is 12.6 Å². The van der Waals surface area contributed by atoms with Crippen LogP contribution in [0.5, 0.6) is 0 Å². The van der Waals surface area contributed by atoms with Crippen molar-refractivity contribution in [1.29, 1.82) is 0 Å². The Morgan fingerprint density at radius 1 is 1.16 bits per heavy atom. The van der Waals surface area contributed by atoms with Gasteiger partial charge in [0, 0.05) is 45.8 Å². The average molecular weight is 465 g/mol. The van der Waals surface area contributed by atoms with Crippen LogP contribution < -0.4 is 16.0 Å². The minimum atomic E-state index is -0.460. The first-order chi connectivity index (χ1) is 11.5. The van der Waals surface area contributed by atoms with Gasteiger partial charge in [-0.2, -0.15) is 0 Å². The summed E-state index contributed by atoms with van der Waals surface area (Å²) in [6, 6.07) is 1.30. The van der Waals surface area contributed by atoms with Gasteiger partial charge >= 0.3 is 0 Å². The Bertz CT molecular complexity index is 441. The first-order valence-corrected chi connectivity index (χ1v) is 9.39. The summed E-state index contributed by atoms with van der Waals surface area (Å²) in [5.74, 6) is 0.835. The summed E-state index contributed by atoms with van der Waals surface area (Å²) in [5, 5.41) is 9.54. The van der Waals surface area contributed by atoms with E-state index in [1.54, 1.807) is 14.1 Å². The Morgan fingerprint density at radius 2 is 1.76 bits per heavy atom. The molecule has 7 heteroatoms. The predicted octanol–water partition coefficient (Wildman–Crippen LogP) is 1.95. The Balaban J connectivity index is 0.00000312. The molecule has 0 spiro atoms. The molecule has 1 aliphatic heterocycles. The van der Waals surface area contributed by atoms with Gasteiger partial charge in [0.25, 0.3) is 0 Å². The maximum absolute atomic E-state index is 11.9. The molecule has 2 rings (SSSR count). The molecule has 0 aromatic carbocycles. The monoisotopic (exact) mass is 465 g/mol. The molecule has 0 unspecified atom stereocenters. The zero-order chi connectivity index (χ0) is 17.6. The van der Waals surface area contributed by atoms with Crippen molar-refractivity contribution < 1.29 is 4.79 Å². The van der Waals surface area contributed by atoms with Crippen LogP contribution in [0, 0.1) is 5.41 Å². The Labute approximate surface area is 170 Å². The van der Waals surface area contributed by atoms with Gasteiger partial charge in [-0.25, -0.2) is 0 Å². The van der Waals surface area contributed by atoms with E-state index in [1.807, 2.05) is 13.8 Å². The van der Waals surface area contributed by atoms with Crippen LogP contribution in [0.25, 0.3) is 0 Å². The summed E-state index contributed by atoms with van der Waals surface area (Å²) in [5.41, 5.74) is -0.460. The van der Waals surface area contributed by atoms with Crippen molar-refractivity contribution in [3.05, 3.63) is 0 Å². The molecule has 1 saturated heterocycles. The van der Waals surface area contributed by atoms with Gasteiger partial charge in [0.05, 0.1) is 5.41 Å². The number of halogens is 1. The summed E-state index contributed by atoms with van der Waals surface area (Å²) in [4.78, 5) is 18.9. The fourth-order valence-corrected chi connectivity index (χ4v) is 3.79. The van der Waals surface area contributed by atoms with E-state index in [0.717, 1.165) is 24.8 Å². The number of piperidine rings is 1. The number of nitrogens with zero attached hydrogens (tertiary/aromatic N) is 2. The van der Waals surface area contributed by atoms with Crippen molar-refractivity contribution in [1.82, 2.24) is 20.9 Å². The maximum atomic E-state index is 11.9. The van der Waals surface area contributed by atoms with E-state index in [4.69, 9.17) is 0 Å². The van der Waals surface area contributed by atoms with Gasteiger partial charge in [0.2, 0.25) is 5.91 Å². The van der Waals surface area contributed by atoms with E-state index in [2.05, 4.69) is 25.8 Å². The lowest BCUT2D eigenvalue weighted by Crippen LogP contribution is -2.52. The minimum Gasteiger partial charge on any atom is -0.359 e. The molecule has 2 aliphatic rings. The number of amides is 1. The number of likely N-dealkylation sites (tertiary alicyclic amines) is 1. The van der Waals surface area contributed by atoms with Gasteiger partial charge < -0.3 is 20.9 Å². The largest absolute Gasteiger partial charge is 0.359 e. The number of nitrogens with one attached hydrogen (secondary N) is 3. The Kier molecular flexibility index (Phi) is 9.48. The van der Waals surface area contributed by atoms with E-state index in [9.17, 15) is 4.79 Å². The van der Waals surface area contributed by atoms with E-state index >= 15 is 0 Å². The van der Waals surface area contributed by atoms with Gasteiger partial charge in [-0.15, -0.1) is 24.0 Å². The summed E-state index contributed by atoms with van der Waals surface area (Å²) in [6.45, 7) is 6.80. The molecule has 0 bridgehead atoms. The van der Waals surface area contributed by atoms with Crippen molar-refractivity contribution in [3.63, 3.8) is 0 Å². The zero-order valence-electron chi connectivity index (χ0n) is 16.2. The Morgan fingerprint density at radius 3 is 2.28 bits per heavy atom. The second-order valence-electron chi connectivity index (χ2n) is 7.78. The van der Waals surface area contributed by atoms with Crippen molar-refractivity contribution in [3.8, 4) is 0 Å². The van der Waals surface area contributed by atoms with Crippen LogP contribution in [0.2, 0.25) is 0 Å². The number of rotatable bonds is 5. The number of carbonyl (C=O) groups excluding carboxylic acids is 1. The molecule has 25 heavy (non-hydrogen) atoms. The third-order valence-electron chi connectivity index (χ3n) is 5.47. The fourth-order valence-electron chi connectivity index (χ4n) is 3.79. The molecule has 6 nitrogen and oxygen atoms in total. The van der Waals surface area contributed by atoms with Gasteiger partial charge in [0.15, 0.2) is 5.96 Å². The molecular formula is C18H36IN5O. The normalized spacial score (nSPS) is 20.9. The molecule has 1 saturated carbocycles. The maximum Gasteiger partial charge on any atom is 0.227 e. The smallest absolute Gasteiger partial charge is 0.227 e. The van der Waals surface area contributed by atoms with Crippen LogP contribution in [-0.2, 0) is 4.79 Å². The molecule has 0 atom stereocenters. The van der Waals surface area contributed by atoms with Crippen LogP contribution in [-0.4, -0.2) is 62.6 Å². The minimum absolute atomic E-state index is 0. The van der Waals surface area contributed by atoms with Crippen LogP contribution >= 0.6 is 24.0 Å². The number of aliphatic imine (C=N–C) groups is 1. The van der Waals surface area contributed by atoms with Crippen molar-refractivity contribution >= 4 is 35.8 Å². The first kappa shape index (κ1) is 22.5. The van der Waals surface area contributed by atoms with Crippen LogP contribution in [0.4, 0.5) is 0 Å². The SMILES string of the molecule is CN=C(NCC(C)(C)C(=O)NC)NC1CCN(C2CCCC2)CC1.I. The Hall–Kier alpha value is -0.570. The molecule has 1 amide bonds. The highest BCUT2D eigenvalue weighted by molar-refractivity contribution is 14.0. The van der Waals surface area contributed by atoms with Crippen LogP contribution in [0.1, 0.15) is 52.4 Å². The van der Waals surface area contributed by atoms with Crippen molar-refractivity contribution in [2.45, 2.75) is 64.5 Å². The topological polar surface area (TPSA) is 68.8 Å². The third kappa shape index (κ3) is 6.58. The molecule has 146 valence electrons. The molecule has 2 fully saturated rings. The summed E-state index contributed by atoms with van der Waals surface area (Å²) >= 11 is 0. The van der Waals surface area contributed by atoms with Crippen LogP contribution in [0.3, 0.4) is 0 Å². The van der Waals surface area contributed by atoms with Crippen LogP contribution in [0.15, 0.2) is 4.99 Å². The second-order valence-corrected chi connectivity index (χ2v) is 7.78. The quantitative estimate of drug-likeness (QED) is 0.330. The molecular weight excluding hydrogens is 429 g/mol. The summed E-state index contributed by atoms with van der Waals surface area (Å²) in [7, 11) is 3.46. The number of hydrogen-bond acceptors (Lipinski definition) is 3. The van der Waals surface area contributed by atoms with Gasteiger partial charge in [-0.3, -0.25) is 9.79 Å². The highest BCUT2D eigenvalue weighted by Crippen LogP contribution is 2.26. The van der Waals surface area contributed by atoms with E-state index < -0.39 is 5.41 Å². The van der Waals surface area contributed by atoms with Gasteiger partial charge in [-0.05, 0) is 39.5 Å². The van der Waals surface area contributed by atoms with Gasteiger partial charge in [-0.1, -0.05) is 12.8 Å². The number of guanidine groups is 1. The van der Waals surface area contributed by atoms with E-state index in [-0.39, 0.29) is 29.9 Å². The van der Waals surface area contributed by atoms with E-state index in [1.165, 1.54) is 38.8 Å². The molecule has 0 aromatic heterocycles. The van der Waals surface area contributed by atoms with Crippen molar-refractivity contribution in [2.24, 2.45) is 10.4 Å². The highest BCUT2D eigenvalue weighted by atomic mass is 127. The molecule has 0 radical (unpaired) electrons. The number of carbonyl (C=O) groups is 1. The zero-order valence-corrected chi connectivity index (χ0v) is 18.6. The second kappa shape index (κ2) is 10.5. The fraction of sp³-hybridized carbons (Fsp3) is 0.889. The average Bonchev–Trinajstić information content (AvgIpc) is 3.13. The summed E-state index contributed by atoms with van der Waals surface area (Å²) in [6.07, 6.45) is 7.90. The number of hydrogen-bond donors (Lipinski definition) is 3. The van der Waals surface area contributed by atoms with Gasteiger partial charge in [0.1, 0.15) is 0 Å². The lowest BCUT2D eigenvalue weighted by Gasteiger charge is -2.37. The first-order valence-electron chi connectivity index (χ1n) is 9.39. The highest BCUT2D eigenvalue weighted by Gasteiger charge is 2.29. The summed E-state index contributed by atoms with van der Waals surface area (Å²) < 4.78 is 0. The lowest BCUT2D eigenvalue weighted by atomic mass is 9.92. The van der Waals surface area contributed by atoms with Crippen molar-refractivity contribution in [2.75, 3.05) is 33.7 Å². The standard InChI is InChI=1S/C18H35N5O.HI/c1-18(2,16(24)19-3)13-21-17(20-4)22-14-9-11-23(12-10-14)15-7-5-6-8-15;/h14-15H,5-13H2,1-4H3,(H,19,24)(H2,20,21,22);1H. The molecule has 0 aromatic rings. The molecule has 1 heterocycles.